The van der Waals surface area contributed by atoms with E-state index >= 15 is 0 Å². The Bertz CT molecular complexity index is 1930. The average Bonchev–Trinajstić information content (AvgIpc) is 3.29. The van der Waals surface area contributed by atoms with Gasteiger partial charge in [0.15, 0.2) is 34.5 Å². The van der Waals surface area contributed by atoms with E-state index < -0.39 is 7.60 Å². The highest BCUT2D eigenvalue weighted by Crippen LogP contribution is 2.47. The number of benzene rings is 4. The molecule has 0 bridgehead atoms. The highest BCUT2D eigenvalue weighted by molar-refractivity contribution is 7.51. The van der Waals surface area contributed by atoms with Crippen LogP contribution in [0.1, 0.15) is 195 Å². The fourth-order valence-corrected chi connectivity index (χ4v) is 9.02. The lowest BCUT2D eigenvalue weighted by atomic mass is 9.93. The largest absolute Gasteiger partial charge is 0.490 e. The van der Waals surface area contributed by atoms with Gasteiger partial charge in [0.2, 0.25) is 0 Å². The minimum Gasteiger partial charge on any atom is -0.490 e. The average molecular weight is 923 g/mol. The van der Waals surface area contributed by atoms with Crippen molar-refractivity contribution in [1.82, 2.24) is 0 Å². The van der Waals surface area contributed by atoms with Crippen LogP contribution in [0.3, 0.4) is 0 Å². The Morgan fingerprint density at radius 1 is 0.308 bits per heavy atom. The molecule has 0 aliphatic heterocycles. The van der Waals surface area contributed by atoms with Crippen LogP contribution < -0.4 is 28.4 Å². The number of fused-ring (bicyclic) bond motifs is 6. The van der Waals surface area contributed by atoms with E-state index in [9.17, 15) is 4.57 Å². The Morgan fingerprint density at radius 2 is 0.492 bits per heavy atom. The minimum absolute atomic E-state index is 0.00425. The Kier molecular flexibility index (Phi) is 26.3. The van der Waals surface area contributed by atoms with Crippen LogP contribution in [0.25, 0.3) is 32.3 Å². The van der Waals surface area contributed by atoms with Crippen molar-refractivity contribution in [2.24, 2.45) is 0 Å². The zero-order valence-corrected chi connectivity index (χ0v) is 42.2. The predicted molar refractivity (Wildman–Crippen MR) is 273 cm³/mol. The molecule has 0 fully saturated rings. The molecule has 0 radical (unpaired) electrons. The maximum atomic E-state index is 11.1. The molecule has 0 unspecified atom stereocenters. The van der Waals surface area contributed by atoms with E-state index in [0.29, 0.717) is 46.1 Å². The second-order valence-electron chi connectivity index (χ2n) is 18.1. The molecule has 0 aromatic heterocycles. The highest BCUT2D eigenvalue weighted by atomic mass is 31.2. The minimum atomic E-state index is -3.87. The smallest absolute Gasteiger partial charge is 0.325 e. The van der Waals surface area contributed by atoms with E-state index in [2.05, 4.69) is 71.0 Å². The molecule has 0 aliphatic carbocycles. The zero-order chi connectivity index (χ0) is 46.5. The molecule has 0 heterocycles. The molecule has 65 heavy (non-hydrogen) atoms. The Morgan fingerprint density at radius 3 is 0.692 bits per heavy atom. The van der Waals surface area contributed by atoms with Crippen molar-refractivity contribution in [2.75, 3.05) is 45.8 Å². The molecule has 0 saturated carbocycles. The van der Waals surface area contributed by atoms with Crippen LogP contribution in [-0.2, 0) is 4.57 Å². The molecule has 4 rings (SSSR count). The maximum absolute atomic E-state index is 11.1. The molecule has 10 heteroatoms. The third-order valence-corrected chi connectivity index (χ3v) is 13.1. The van der Waals surface area contributed by atoms with Crippen LogP contribution in [0.15, 0.2) is 36.4 Å². The van der Waals surface area contributed by atoms with E-state index in [4.69, 9.17) is 38.2 Å². The molecule has 0 aliphatic rings. The Labute approximate surface area is 393 Å². The molecule has 4 aromatic rings. The first-order valence-corrected chi connectivity index (χ1v) is 27.9. The first kappa shape index (κ1) is 54.2. The highest BCUT2D eigenvalue weighted by Gasteiger charge is 2.21. The van der Waals surface area contributed by atoms with E-state index in [1.807, 2.05) is 0 Å². The van der Waals surface area contributed by atoms with Gasteiger partial charge in [-0.2, -0.15) is 0 Å². The van der Waals surface area contributed by atoms with Gasteiger partial charge < -0.3 is 38.2 Å². The van der Waals surface area contributed by atoms with Gasteiger partial charge in [-0.15, -0.1) is 0 Å². The van der Waals surface area contributed by atoms with E-state index in [1.165, 1.54) is 19.3 Å². The van der Waals surface area contributed by atoms with Crippen LogP contribution in [0.2, 0.25) is 0 Å². The molecule has 0 saturated heterocycles. The fraction of sp³-hybridized carbons (Fsp3) is 0.673. The molecular weight excluding hydrogens is 836 g/mol. The molecule has 0 atom stereocenters. The summed E-state index contributed by atoms with van der Waals surface area (Å²) in [6.45, 7) is 14.9. The molecule has 4 aromatic carbocycles. The predicted octanol–water partition coefficient (Wildman–Crippen LogP) is 16.4. The fourth-order valence-electron chi connectivity index (χ4n) is 8.38. The number of unbranched alkanes of at least 4 members (excludes halogenated alkanes) is 19. The second-order valence-corrected chi connectivity index (χ2v) is 19.9. The topological polar surface area (TPSA) is 113 Å². The van der Waals surface area contributed by atoms with Gasteiger partial charge in [-0.25, -0.2) is 0 Å². The molecular formula is C55H87O9P. The first-order valence-electron chi connectivity index (χ1n) is 26.1. The zero-order valence-electron chi connectivity index (χ0n) is 41.3. The molecule has 0 amide bonds. The number of hydrogen-bond donors (Lipinski definition) is 2. The van der Waals surface area contributed by atoms with E-state index in [1.54, 1.807) is 0 Å². The molecule has 9 nitrogen and oxygen atoms in total. The van der Waals surface area contributed by atoms with Crippen molar-refractivity contribution in [3.8, 4) is 34.5 Å². The van der Waals surface area contributed by atoms with Crippen LogP contribution >= 0.6 is 7.60 Å². The van der Waals surface area contributed by atoms with Gasteiger partial charge in [-0.05, 0) is 114 Å². The van der Waals surface area contributed by atoms with Crippen molar-refractivity contribution < 1.29 is 42.8 Å². The SMILES string of the molecule is CCCCCOc1cc2c3cc(OCCCCC)c(OCCCCC)cc3c3cc(OCCCCCCCCCCCCP(=O)(O)O)c(OCCCCC)cc3c2cc1OCCCCC. The number of hydrogen-bond acceptors (Lipinski definition) is 7. The lowest BCUT2D eigenvalue weighted by molar-refractivity contribution is 0.259. The van der Waals surface area contributed by atoms with Crippen molar-refractivity contribution in [3.05, 3.63) is 36.4 Å². The molecule has 366 valence electrons. The lowest BCUT2D eigenvalue weighted by Gasteiger charge is -2.21. The van der Waals surface area contributed by atoms with Crippen molar-refractivity contribution >= 4 is 39.9 Å². The van der Waals surface area contributed by atoms with Crippen LogP contribution in [0, 0.1) is 0 Å². The standard InChI is InChI=1S/C55H87O9P/c1-6-11-24-31-59-50-38-44-45-39-51(60-32-25-12-7-2)53(62-34-27-14-9-4)41-47(45)49-43-55(64-36-29-22-20-18-16-17-19-21-23-30-37-65(56,57)58)54(63-35-28-15-10-5)42-48(49)46(44)40-52(50)61-33-26-13-8-3/h38-43H,6-37H2,1-5H3,(H2,56,57,58). The number of ether oxygens (including phenoxy) is 6. The normalized spacial score (nSPS) is 11.8. The number of rotatable bonds is 39. The third kappa shape index (κ3) is 19.4. The van der Waals surface area contributed by atoms with Crippen LogP contribution in [-0.4, -0.2) is 55.6 Å². The van der Waals surface area contributed by atoms with Crippen LogP contribution in [0.5, 0.6) is 34.5 Å². The van der Waals surface area contributed by atoms with Crippen molar-refractivity contribution in [1.29, 1.82) is 0 Å². The lowest BCUT2D eigenvalue weighted by Crippen LogP contribution is -2.05. The van der Waals surface area contributed by atoms with Gasteiger partial charge in [0, 0.05) is 6.16 Å². The van der Waals surface area contributed by atoms with Crippen molar-refractivity contribution in [3.63, 3.8) is 0 Å². The van der Waals surface area contributed by atoms with Gasteiger partial charge in [-0.1, -0.05) is 150 Å². The molecule has 2 N–H and O–H groups in total. The second kappa shape index (κ2) is 31.6. The Hall–Kier alpha value is -3.39. The van der Waals surface area contributed by atoms with Gasteiger partial charge in [0.25, 0.3) is 0 Å². The van der Waals surface area contributed by atoms with Gasteiger partial charge in [0.1, 0.15) is 0 Å². The third-order valence-electron chi connectivity index (χ3n) is 12.3. The van der Waals surface area contributed by atoms with Gasteiger partial charge >= 0.3 is 7.60 Å². The van der Waals surface area contributed by atoms with E-state index in [0.717, 1.165) is 202 Å². The summed E-state index contributed by atoms with van der Waals surface area (Å²) >= 11 is 0. The summed E-state index contributed by atoms with van der Waals surface area (Å²) in [5.41, 5.74) is 0. The monoisotopic (exact) mass is 923 g/mol. The summed E-state index contributed by atoms with van der Waals surface area (Å²) in [5.74, 6) is 4.66. The summed E-state index contributed by atoms with van der Waals surface area (Å²) in [4.78, 5) is 18.1. The summed E-state index contributed by atoms with van der Waals surface area (Å²) in [6, 6.07) is 13.2. The molecule has 0 spiro atoms. The summed E-state index contributed by atoms with van der Waals surface area (Å²) in [5, 5.41) is 6.49. The van der Waals surface area contributed by atoms with Gasteiger partial charge in [0.05, 0.1) is 39.6 Å². The summed E-state index contributed by atoms with van der Waals surface area (Å²) < 4.78 is 50.7. The van der Waals surface area contributed by atoms with Crippen LogP contribution in [0.4, 0.5) is 0 Å². The first-order chi connectivity index (χ1) is 31.7. The van der Waals surface area contributed by atoms with Gasteiger partial charge in [-0.3, -0.25) is 4.57 Å². The quantitative estimate of drug-likeness (QED) is 0.0257. The van der Waals surface area contributed by atoms with Crippen molar-refractivity contribution in [2.45, 2.75) is 195 Å². The summed E-state index contributed by atoms with van der Waals surface area (Å²) in [7, 11) is -3.87. The maximum Gasteiger partial charge on any atom is 0.325 e. The van der Waals surface area contributed by atoms with E-state index in [-0.39, 0.29) is 6.16 Å². The summed E-state index contributed by atoms with van der Waals surface area (Å²) in [6.07, 6.45) is 26.6. The Balaban J connectivity index is 1.73.